The van der Waals surface area contributed by atoms with E-state index in [0.717, 1.165) is 51.3 Å². The van der Waals surface area contributed by atoms with Gasteiger partial charge in [-0.05, 0) is 77.2 Å². The van der Waals surface area contributed by atoms with E-state index in [1.165, 1.54) is 37.5 Å². The highest BCUT2D eigenvalue weighted by molar-refractivity contribution is 6.22. The van der Waals surface area contributed by atoms with E-state index in [1.807, 2.05) is 6.07 Å². The van der Waals surface area contributed by atoms with Crippen LogP contribution in [0.2, 0.25) is 0 Å². The molecule has 2 heterocycles. The summed E-state index contributed by atoms with van der Waals surface area (Å²) in [5, 5.41) is 8.48. The highest BCUT2D eigenvalue weighted by Crippen LogP contribution is 2.43. The van der Waals surface area contributed by atoms with Gasteiger partial charge in [0.05, 0.1) is 12.2 Å². The van der Waals surface area contributed by atoms with Crippen LogP contribution < -0.4 is 15.3 Å². The van der Waals surface area contributed by atoms with Crippen LogP contribution in [-0.2, 0) is 6.54 Å². The summed E-state index contributed by atoms with van der Waals surface area (Å²) in [6, 6.07) is 32.2. The normalized spacial score (nSPS) is 14.9. The fourth-order valence-corrected chi connectivity index (χ4v) is 6.87. The van der Waals surface area contributed by atoms with Crippen molar-refractivity contribution in [2.45, 2.75) is 33.7 Å². The minimum atomic E-state index is 0.530. The number of hydrogen-bond donors (Lipinski definition) is 0. The summed E-state index contributed by atoms with van der Waals surface area (Å²) in [5.74, 6) is 1.46. The van der Waals surface area contributed by atoms with Gasteiger partial charge in [-0.1, -0.05) is 98.0 Å². The minimum Gasteiger partial charge on any atom is -0.459 e. The lowest BCUT2D eigenvalue weighted by Gasteiger charge is -2.27. The van der Waals surface area contributed by atoms with Gasteiger partial charge in [0.2, 0.25) is 0 Å². The third-order valence-corrected chi connectivity index (χ3v) is 8.89. The molecular formula is C40H33NO2. The lowest BCUT2D eigenvalue weighted by atomic mass is 9.95. The first-order chi connectivity index (χ1) is 21.1. The Labute approximate surface area is 250 Å². The van der Waals surface area contributed by atoms with Crippen molar-refractivity contribution in [1.82, 2.24) is 0 Å². The number of hydrogen-bond acceptors (Lipinski definition) is 3. The number of rotatable bonds is 5. The number of nitrogens with zero attached hydrogens (tertiary/aromatic N) is 1. The largest absolute Gasteiger partial charge is 0.459 e. The fraction of sp³-hybridized carbons (Fsp3) is 0.150. The molecule has 3 nitrogen and oxygen atoms in total. The molecule has 5 aromatic carbocycles. The van der Waals surface area contributed by atoms with Crippen LogP contribution in [0, 0.1) is 12.8 Å². The third kappa shape index (κ3) is 4.11. The molecule has 1 atom stereocenters. The Bertz CT molecular complexity index is 2350. The predicted octanol–water partition coefficient (Wildman–Crippen LogP) is 9.77. The molecule has 0 amide bonds. The summed E-state index contributed by atoms with van der Waals surface area (Å²) in [6.07, 6.45) is 10.1. The molecule has 7 aromatic rings. The summed E-state index contributed by atoms with van der Waals surface area (Å²) < 4.78 is 13.5. The van der Waals surface area contributed by atoms with Gasteiger partial charge in [0.1, 0.15) is 16.9 Å². The highest BCUT2D eigenvalue weighted by Gasteiger charge is 2.24. The molecular weight excluding hydrogens is 526 g/mol. The number of fused-ring (bicyclic) bond motifs is 8. The van der Waals surface area contributed by atoms with Gasteiger partial charge in [0.15, 0.2) is 5.58 Å². The summed E-state index contributed by atoms with van der Waals surface area (Å²) in [5.41, 5.74) is 7.20. The number of allylic oxidation sites excluding steroid dienone is 1. The summed E-state index contributed by atoms with van der Waals surface area (Å²) in [4.78, 5) is 2.38. The van der Waals surface area contributed by atoms with Gasteiger partial charge in [-0.15, -0.1) is 0 Å². The molecule has 210 valence electrons. The van der Waals surface area contributed by atoms with Gasteiger partial charge in [-0.25, -0.2) is 0 Å². The van der Waals surface area contributed by atoms with E-state index in [9.17, 15) is 0 Å². The first-order valence-electron chi connectivity index (χ1n) is 15.2. The monoisotopic (exact) mass is 559 g/mol. The van der Waals surface area contributed by atoms with E-state index in [0.29, 0.717) is 12.5 Å². The van der Waals surface area contributed by atoms with Gasteiger partial charge in [0.25, 0.3) is 0 Å². The third-order valence-electron chi connectivity index (χ3n) is 8.89. The lowest BCUT2D eigenvalue weighted by molar-refractivity contribution is 0.548. The molecule has 0 saturated heterocycles. The van der Waals surface area contributed by atoms with Crippen molar-refractivity contribution in [2.75, 3.05) is 4.90 Å². The van der Waals surface area contributed by atoms with Gasteiger partial charge >= 0.3 is 0 Å². The molecule has 1 aliphatic carbocycles. The molecule has 1 aliphatic rings. The number of para-hydroxylation sites is 2. The second-order valence-corrected chi connectivity index (χ2v) is 11.8. The zero-order chi connectivity index (χ0) is 29.1. The van der Waals surface area contributed by atoms with E-state index in [2.05, 4.69) is 135 Å². The second kappa shape index (κ2) is 10.1. The van der Waals surface area contributed by atoms with Crippen molar-refractivity contribution in [2.24, 2.45) is 5.92 Å². The van der Waals surface area contributed by atoms with Gasteiger partial charge in [-0.2, -0.15) is 0 Å². The van der Waals surface area contributed by atoms with Crippen LogP contribution >= 0.6 is 0 Å². The topological polar surface area (TPSA) is 29.5 Å². The van der Waals surface area contributed by atoms with Gasteiger partial charge < -0.3 is 13.7 Å². The zero-order valence-corrected chi connectivity index (χ0v) is 24.7. The van der Waals surface area contributed by atoms with Crippen molar-refractivity contribution >= 4 is 73.3 Å². The molecule has 8 rings (SSSR count). The first-order valence-corrected chi connectivity index (χ1v) is 15.2. The maximum atomic E-state index is 6.88. The lowest BCUT2D eigenvalue weighted by Crippen LogP contribution is -2.28. The number of furan rings is 2. The van der Waals surface area contributed by atoms with Crippen LogP contribution in [0.1, 0.15) is 37.2 Å². The van der Waals surface area contributed by atoms with E-state index < -0.39 is 0 Å². The number of benzene rings is 5. The molecule has 43 heavy (non-hydrogen) atoms. The Morgan fingerprint density at radius 1 is 0.814 bits per heavy atom. The molecule has 0 saturated carbocycles. The molecule has 0 spiro atoms. The quantitative estimate of drug-likeness (QED) is 0.210. The van der Waals surface area contributed by atoms with Crippen LogP contribution in [0.3, 0.4) is 0 Å². The maximum Gasteiger partial charge on any atom is 0.159 e. The van der Waals surface area contributed by atoms with Crippen molar-refractivity contribution in [1.29, 1.82) is 0 Å². The Morgan fingerprint density at radius 3 is 2.47 bits per heavy atom. The SMILES string of the molecule is C/C=C\c1c(CN(c2ccccc2C)c2cc3ccccc3c3c2oc2ccc4c(c23)=CCC(C)C=4)oc2ccccc12. The second-order valence-electron chi connectivity index (χ2n) is 11.8. The standard InChI is InChI=1S/C40H33NO2/c1-4-11-31-32-15-8-10-17-35(32)42-37(31)24-41(33-16-9-5-12-26(33)3)34-23-27-13-6-7-14-29(27)39-38-30-20-18-25(2)22-28(30)19-21-36(38)43-40(34)39/h4-17,19-23,25H,18,24H2,1-3H3/b11-4-. The van der Waals surface area contributed by atoms with Gasteiger partial charge in [0, 0.05) is 27.4 Å². The van der Waals surface area contributed by atoms with Gasteiger partial charge in [-0.3, -0.25) is 0 Å². The van der Waals surface area contributed by atoms with Crippen LogP contribution in [0.25, 0.3) is 61.9 Å². The van der Waals surface area contributed by atoms with Crippen molar-refractivity contribution in [3.05, 3.63) is 124 Å². The highest BCUT2D eigenvalue weighted by atomic mass is 16.3. The van der Waals surface area contributed by atoms with Crippen molar-refractivity contribution in [3.63, 3.8) is 0 Å². The Kier molecular flexibility index (Phi) is 6.01. The van der Waals surface area contributed by atoms with E-state index in [1.54, 1.807) is 0 Å². The summed E-state index contributed by atoms with van der Waals surface area (Å²) in [6.45, 7) is 7.07. The average Bonchev–Trinajstić information content (AvgIpc) is 3.59. The van der Waals surface area contributed by atoms with E-state index in [-0.39, 0.29) is 0 Å². The molecule has 3 heteroatoms. The molecule has 2 aromatic heterocycles. The molecule has 0 N–H and O–H groups in total. The summed E-state index contributed by atoms with van der Waals surface area (Å²) >= 11 is 0. The fourth-order valence-electron chi connectivity index (χ4n) is 6.87. The van der Waals surface area contributed by atoms with Crippen molar-refractivity contribution in [3.8, 4) is 0 Å². The predicted molar refractivity (Wildman–Crippen MR) is 181 cm³/mol. The number of anilines is 2. The molecule has 0 bridgehead atoms. The molecule has 0 radical (unpaired) electrons. The Hall–Kier alpha value is -5.02. The molecule has 0 fully saturated rings. The van der Waals surface area contributed by atoms with Crippen LogP contribution in [-0.4, -0.2) is 0 Å². The van der Waals surface area contributed by atoms with E-state index >= 15 is 0 Å². The Morgan fingerprint density at radius 2 is 1.60 bits per heavy atom. The van der Waals surface area contributed by atoms with Crippen LogP contribution in [0.4, 0.5) is 11.4 Å². The minimum absolute atomic E-state index is 0.530. The summed E-state index contributed by atoms with van der Waals surface area (Å²) in [7, 11) is 0. The molecule has 1 unspecified atom stereocenters. The first kappa shape index (κ1) is 25.7. The molecule has 0 aliphatic heterocycles. The van der Waals surface area contributed by atoms with Crippen LogP contribution in [0.5, 0.6) is 0 Å². The zero-order valence-electron chi connectivity index (χ0n) is 24.7. The Balaban J connectivity index is 1.47. The average molecular weight is 560 g/mol. The van der Waals surface area contributed by atoms with Crippen molar-refractivity contribution < 1.29 is 8.83 Å². The smallest absolute Gasteiger partial charge is 0.159 e. The number of aryl methyl sites for hydroxylation is 1. The maximum absolute atomic E-state index is 6.88. The van der Waals surface area contributed by atoms with E-state index in [4.69, 9.17) is 8.83 Å². The van der Waals surface area contributed by atoms with Crippen LogP contribution in [0.15, 0.2) is 106 Å².